The molecule has 0 spiro atoms. The maximum absolute atomic E-state index is 10.9. The van der Waals surface area contributed by atoms with Gasteiger partial charge in [-0.05, 0) is 43.4 Å². The van der Waals surface area contributed by atoms with Gasteiger partial charge in [-0.15, -0.1) is 0 Å². The third kappa shape index (κ3) is 4.23. The molecule has 2 rings (SSSR count). The van der Waals surface area contributed by atoms with E-state index < -0.39 is 0 Å². The molecule has 0 aromatic heterocycles. The van der Waals surface area contributed by atoms with E-state index >= 15 is 0 Å². The van der Waals surface area contributed by atoms with Crippen molar-refractivity contribution in [3.05, 3.63) is 29.8 Å². The number of carbonyl (C=O) groups excluding carboxylic acids is 1. The molecule has 1 amide bonds. The van der Waals surface area contributed by atoms with Crippen molar-refractivity contribution in [2.45, 2.75) is 25.7 Å². The Labute approximate surface area is 120 Å². The first-order chi connectivity index (χ1) is 9.69. The summed E-state index contributed by atoms with van der Waals surface area (Å²) in [6.45, 7) is 2.92. The average Bonchev–Trinajstić information content (AvgIpc) is 2.46. The standard InChI is InChI=1S/C16H24N2O2/c1-20-15-7-3-2-6-14(15)11-13-5-4-9-18(12-13)10-8-16(17)19/h2-3,6-7,13H,4-5,8-12H2,1H3,(H2,17,19)/t13-/m0/s1. The van der Waals surface area contributed by atoms with Crippen LogP contribution in [0.5, 0.6) is 5.75 Å². The van der Waals surface area contributed by atoms with E-state index in [-0.39, 0.29) is 5.91 Å². The fraction of sp³-hybridized carbons (Fsp3) is 0.562. The van der Waals surface area contributed by atoms with E-state index in [0.717, 1.165) is 31.8 Å². The molecular weight excluding hydrogens is 252 g/mol. The molecule has 20 heavy (non-hydrogen) atoms. The number of hydrogen-bond donors (Lipinski definition) is 1. The van der Waals surface area contributed by atoms with E-state index in [2.05, 4.69) is 17.0 Å². The van der Waals surface area contributed by atoms with Gasteiger partial charge in [-0.25, -0.2) is 0 Å². The van der Waals surface area contributed by atoms with Gasteiger partial charge in [0.15, 0.2) is 0 Å². The summed E-state index contributed by atoms with van der Waals surface area (Å²) in [4.78, 5) is 13.2. The second-order valence-corrected chi connectivity index (χ2v) is 5.54. The van der Waals surface area contributed by atoms with Gasteiger partial charge in [-0.2, -0.15) is 0 Å². The molecule has 1 heterocycles. The van der Waals surface area contributed by atoms with E-state index in [9.17, 15) is 4.79 Å². The number of methoxy groups -OCH3 is 1. The molecule has 1 aliphatic heterocycles. The molecule has 1 aliphatic rings. The van der Waals surface area contributed by atoms with Crippen LogP contribution in [0.15, 0.2) is 24.3 Å². The Morgan fingerprint density at radius 3 is 3.00 bits per heavy atom. The first kappa shape index (κ1) is 14.9. The summed E-state index contributed by atoms with van der Waals surface area (Å²) in [6, 6.07) is 8.22. The van der Waals surface area contributed by atoms with E-state index in [1.807, 2.05) is 12.1 Å². The monoisotopic (exact) mass is 276 g/mol. The zero-order valence-electron chi connectivity index (χ0n) is 12.2. The number of primary amides is 1. The molecule has 1 saturated heterocycles. The minimum absolute atomic E-state index is 0.211. The molecule has 2 N–H and O–H groups in total. The summed E-state index contributed by atoms with van der Waals surface area (Å²) in [5.74, 6) is 1.39. The Kier molecular flexibility index (Phi) is 5.41. The van der Waals surface area contributed by atoms with Gasteiger partial charge in [0.05, 0.1) is 7.11 Å². The molecule has 110 valence electrons. The Balaban J connectivity index is 1.90. The third-order valence-corrected chi connectivity index (χ3v) is 3.98. The molecule has 4 nitrogen and oxygen atoms in total. The lowest BCUT2D eigenvalue weighted by Crippen LogP contribution is -2.38. The van der Waals surface area contributed by atoms with Crippen LogP contribution in [0.4, 0.5) is 0 Å². The number of piperidine rings is 1. The minimum atomic E-state index is -0.211. The van der Waals surface area contributed by atoms with E-state index in [1.54, 1.807) is 7.11 Å². The SMILES string of the molecule is COc1ccccc1C[C@@H]1CCCN(CCC(N)=O)C1. The second-order valence-electron chi connectivity index (χ2n) is 5.54. The Hall–Kier alpha value is -1.55. The number of benzene rings is 1. The van der Waals surface area contributed by atoms with Gasteiger partial charge in [0.2, 0.25) is 5.91 Å². The number of carbonyl (C=O) groups is 1. The lowest BCUT2D eigenvalue weighted by Gasteiger charge is -2.32. The largest absolute Gasteiger partial charge is 0.496 e. The van der Waals surface area contributed by atoms with Crippen LogP contribution in [-0.4, -0.2) is 37.6 Å². The first-order valence-corrected chi connectivity index (χ1v) is 7.31. The number of amides is 1. The maximum Gasteiger partial charge on any atom is 0.218 e. The van der Waals surface area contributed by atoms with E-state index in [1.165, 1.54) is 18.4 Å². The van der Waals surface area contributed by atoms with Gasteiger partial charge in [0.25, 0.3) is 0 Å². The van der Waals surface area contributed by atoms with Gasteiger partial charge in [0.1, 0.15) is 5.75 Å². The number of rotatable bonds is 6. The molecule has 0 radical (unpaired) electrons. The molecular formula is C16H24N2O2. The van der Waals surface area contributed by atoms with Crippen molar-refractivity contribution >= 4 is 5.91 Å². The van der Waals surface area contributed by atoms with Crippen LogP contribution in [0, 0.1) is 5.92 Å². The maximum atomic E-state index is 10.9. The normalized spacial score (nSPS) is 19.8. The number of nitrogens with two attached hydrogens (primary N) is 1. The van der Waals surface area contributed by atoms with Crippen LogP contribution in [0.1, 0.15) is 24.8 Å². The third-order valence-electron chi connectivity index (χ3n) is 3.98. The van der Waals surface area contributed by atoms with Crippen molar-refractivity contribution in [1.29, 1.82) is 0 Å². The predicted octanol–water partition coefficient (Wildman–Crippen LogP) is 1.83. The number of nitrogens with zero attached hydrogens (tertiary/aromatic N) is 1. The highest BCUT2D eigenvalue weighted by Crippen LogP contribution is 2.25. The minimum Gasteiger partial charge on any atom is -0.496 e. The molecule has 1 fully saturated rings. The van der Waals surface area contributed by atoms with Crippen molar-refractivity contribution in [2.75, 3.05) is 26.7 Å². The molecule has 0 saturated carbocycles. The molecule has 1 atom stereocenters. The van der Waals surface area contributed by atoms with Crippen LogP contribution in [0.25, 0.3) is 0 Å². The Bertz CT molecular complexity index is 448. The summed E-state index contributed by atoms with van der Waals surface area (Å²) >= 11 is 0. The summed E-state index contributed by atoms with van der Waals surface area (Å²) in [6.07, 6.45) is 3.93. The second kappa shape index (κ2) is 7.29. The van der Waals surface area contributed by atoms with Crippen molar-refractivity contribution in [2.24, 2.45) is 11.7 Å². The summed E-state index contributed by atoms with van der Waals surface area (Å²) in [5.41, 5.74) is 6.50. The smallest absolute Gasteiger partial charge is 0.218 e. The van der Waals surface area contributed by atoms with Crippen molar-refractivity contribution in [3.8, 4) is 5.75 Å². The average molecular weight is 276 g/mol. The summed E-state index contributed by atoms with van der Waals surface area (Å²) in [5, 5.41) is 0. The lowest BCUT2D eigenvalue weighted by molar-refractivity contribution is -0.118. The van der Waals surface area contributed by atoms with Crippen LogP contribution in [0.2, 0.25) is 0 Å². The van der Waals surface area contributed by atoms with Crippen molar-refractivity contribution in [1.82, 2.24) is 4.90 Å². The summed E-state index contributed by atoms with van der Waals surface area (Å²) < 4.78 is 5.42. The highest BCUT2D eigenvalue weighted by molar-refractivity contribution is 5.73. The van der Waals surface area contributed by atoms with Crippen LogP contribution in [0.3, 0.4) is 0 Å². The summed E-state index contributed by atoms with van der Waals surface area (Å²) in [7, 11) is 1.72. The molecule has 0 unspecified atom stereocenters. The lowest BCUT2D eigenvalue weighted by atomic mass is 9.91. The van der Waals surface area contributed by atoms with Crippen molar-refractivity contribution in [3.63, 3.8) is 0 Å². The molecule has 4 heteroatoms. The number of ether oxygens (including phenoxy) is 1. The highest BCUT2D eigenvalue weighted by atomic mass is 16.5. The van der Waals surface area contributed by atoms with Crippen LogP contribution < -0.4 is 10.5 Å². The molecule has 0 bridgehead atoms. The quantitative estimate of drug-likeness (QED) is 0.862. The van der Waals surface area contributed by atoms with E-state index in [4.69, 9.17) is 10.5 Å². The van der Waals surface area contributed by atoms with E-state index in [0.29, 0.717) is 12.3 Å². The first-order valence-electron chi connectivity index (χ1n) is 7.31. The Morgan fingerprint density at radius 1 is 1.45 bits per heavy atom. The van der Waals surface area contributed by atoms with Gasteiger partial charge in [-0.1, -0.05) is 18.2 Å². The highest BCUT2D eigenvalue weighted by Gasteiger charge is 2.21. The topological polar surface area (TPSA) is 55.6 Å². The zero-order valence-corrected chi connectivity index (χ0v) is 12.2. The van der Waals surface area contributed by atoms with Gasteiger partial charge in [-0.3, -0.25) is 4.79 Å². The fourth-order valence-electron chi connectivity index (χ4n) is 2.97. The number of likely N-dealkylation sites (tertiary alicyclic amines) is 1. The van der Waals surface area contributed by atoms with Crippen LogP contribution >= 0.6 is 0 Å². The number of hydrogen-bond acceptors (Lipinski definition) is 3. The number of para-hydroxylation sites is 1. The van der Waals surface area contributed by atoms with Crippen molar-refractivity contribution < 1.29 is 9.53 Å². The van der Waals surface area contributed by atoms with Crippen LogP contribution in [-0.2, 0) is 11.2 Å². The zero-order chi connectivity index (χ0) is 14.4. The van der Waals surface area contributed by atoms with Gasteiger partial charge >= 0.3 is 0 Å². The van der Waals surface area contributed by atoms with Gasteiger partial charge in [0, 0.05) is 19.5 Å². The molecule has 0 aliphatic carbocycles. The van der Waals surface area contributed by atoms with Gasteiger partial charge < -0.3 is 15.4 Å². The Morgan fingerprint density at radius 2 is 2.25 bits per heavy atom. The fourth-order valence-corrected chi connectivity index (χ4v) is 2.97. The predicted molar refractivity (Wildman–Crippen MR) is 79.7 cm³/mol. The molecule has 1 aromatic carbocycles. The molecule has 1 aromatic rings.